The van der Waals surface area contributed by atoms with Crippen molar-refractivity contribution < 1.29 is 4.52 Å². The number of rotatable bonds is 3. The molecule has 1 saturated heterocycles. The lowest BCUT2D eigenvalue weighted by Crippen LogP contribution is -2.24. The molecule has 2 N–H and O–H groups in total. The largest absolute Gasteiger partial charge is 0.338 e. The quantitative estimate of drug-likeness (QED) is 0.762. The van der Waals surface area contributed by atoms with Crippen LogP contribution < -0.4 is 10.9 Å². The molecule has 0 saturated carbocycles. The third-order valence-corrected chi connectivity index (χ3v) is 3.94. The van der Waals surface area contributed by atoms with E-state index in [-0.39, 0.29) is 12.0 Å². The number of hydrogen-bond acceptors (Lipinski definition) is 7. The van der Waals surface area contributed by atoms with Crippen LogP contribution in [-0.2, 0) is 0 Å². The third-order valence-electron chi connectivity index (χ3n) is 3.94. The summed E-state index contributed by atoms with van der Waals surface area (Å²) < 4.78 is 5.48. The highest BCUT2D eigenvalue weighted by Crippen LogP contribution is 2.33. The van der Waals surface area contributed by atoms with E-state index in [1.807, 2.05) is 6.07 Å². The maximum Gasteiger partial charge on any atom is 0.233 e. The van der Waals surface area contributed by atoms with Gasteiger partial charge in [0.2, 0.25) is 11.7 Å². The number of benzene rings is 1. The van der Waals surface area contributed by atoms with Gasteiger partial charge in [0.1, 0.15) is 5.69 Å². The van der Waals surface area contributed by atoms with E-state index in [1.54, 1.807) is 12.3 Å². The van der Waals surface area contributed by atoms with Gasteiger partial charge in [0.05, 0.1) is 12.0 Å². The van der Waals surface area contributed by atoms with Crippen molar-refractivity contribution in [3.05, 3.63) is 59.6 Å². The van der Waals surface area contributed by atoms with Crippen molar-refractivity contribution in [2.75, 3.05) is 6.54 Å². The van der Waals surface area contributed by atoms with Crippen molar-refractivity contribution in [3.8, 4) is 11.5 Å². The van der Waals surface area contributed by atoms with Gasteiger partial charge in [-0.15, -0.1) is 5.10 Å². The second kappa shape index (κ2) is 5.86. The van der Waals surface area contributed by atoms with Gasteiger partial charge in [-0.1, -0.05) is 35.0 Å². The first-order chi connectivity index (χ1) is 11.3. The Morgan fingerprint density at radius 3 is 3.00 bits per heavy atom. The highest BCUT2D eigenvalue weighted by atomic mass is 16.5. The first-order valence-electron chi connectivity index (χ1n) is 7.48. The van der Waals surface area contributed by atoms with E-state index in [0.717, 1.165) is 6.54 Å². The molecule has 0 aliphatic carbocycles. The van der Waals surface area contributed by atoms with Crippen LogP contribution in [0.2, 0.25) is 0 Å². The van der Waals surface area contributed by atoms with Gasteiger partial charge in [-0.3, -0.25) is 5.43 Å². The molecule has 2 unspecified atom stereocenters. The van der Waals surface area contributed by atoms with Crippen molar-refractivity contribution in [3.63, 3.8) is 0 Å². The summed E-state index contributed by atoms with van der Waals surface area (Å²) in [6, 6.07) is 12.1. The minimum atomic E-state index is 0.0646. The molecule has 1 fully saturated rings. The normalized spacial score (nSPS) is 20.7. The van der Waals surface area contributed by atoms with E-state index >= 15 is 0 Å². The minimum Gasteiger partial charge on any atom is -0.338 e. The highest BCUT2D eigenvalue weighted by molar-refractivity contribution is 5.46. The fourth-order valence-electron chi connectivity index (χ4n) is 2.82. The Morgan fingerprint density at radius 1 is 1.22 bits per heavy atom. The molecule has 3 heterocycles. The minimum absolute atomic E-state index is 0.0646. The Hall–Kier alpha value is -2.64. The van der Waals surface area contributed by atoms with Crippen LogP contribution in [0.15, 0.2) is 47.1 Å². The van der Waals surface area contributed by atoms with Crippen molar-refractivity contribution >= 4 is 0 Å². The summed E-state index contributed by atoms with van der Waals surface area (Å²) in [5.74, 6) is 1.12. The Kier molecular flexibility index (Phi) is 3.57. The number of aromatic nitrogens is 4. The van der Waals surface area contributed by atoms with E-state index in [0.29, 0.717) is 17.4 Å². The van der Waals surface area contributed by atoms with Gasteiger partial charge in [0.25, 0.3) is 0 Å². The molecule has 4 rings (SSSR count). The van der Waals surface area contributed by atoms with Gasteiger partial charge in [0, 0.05) is 12.7 Å². The molecule has 1 aliphatic heterocycles. The molecular weight excluding hydrogens is 292 g/mol. The topological polar surface area (TPSA) is 88.8 Å². The van der Waals surface area contributed by atoms with Crippen molar-refractivity contribution in [2.24, 2.45) is 0 Å². The lowest BCUT2D eigenvalue weighted by molar-refractivity contribution is 0.347. The van der Waals surface area contributed by atoms with Gasteiger partial charge < -0.3 is 4.52 Å². The summed E-state index contributed by atoms with van der Waals surface area (Å²) in [6.45, 7) is 2.81. The molecule has 0 amide bonds. The van der Waals surface area contributed by atoms with Crippen molar-refractivity contribution in [1.82, 2.24) is 31.2 Å². The molecule has 2 aromatic heterocycles. The summed E-state index contributed by atoms with van der Waals surface area (Å²) in [5, 5.41) is 11.9. The molecule has 1 aliphatic rings. The molecule has 7 heteroatoms. The Balaban J connectivity index is 1.63. The lowest BCUT2D eigenvalue weighted by Gasteiger charge is -2.16. The smallest absolute Gasteiger partial charge is 0.233 e. The van der Waals surface area contributed by atoms with E-state index in [4.69, 9.17) is 4.52 Å². The van der Waals surface area contributed by atoms with E-state index in [1.165, 1.54) is 11.1 Å². The van der Waals surface area contributed by atoms with E-state index in [2.05, 4.69) is 62.4 Å². The zero-order valence-electron chi connectivity index (χ0n) is 12.6. The summed E-state index contributed by atoms with van der Waals surface area (Å²) >= 11 is 0. The lowest BCUT2D eigenvalue weighted by atomic mass is 9.94. The van der Waals surface area contributed by atoms with E-state index < -0.39 is 0 Å². The van der Waals surface area contributed by atoms with Gasteiger partial charge in [0.15, 0.2) is 0 Å². The summed E-state index contributed by atoms with van der Waals surface area (Å²) in [7, 11) is 0. The molecule has 7 nitrogen and oxygen atoms in total. The first-order valence-corrected chi connectivity index (χ1v) is 7.48. The second-order valence-corrected chi connectivity index (χ2v) is 5.59. The fraction of sp³-hybridized carbons (Fsp3) is 0.250. The van der Waals surface area contributed by atoms with Gasteiger partial charge >= 0.3 is 0 Å². The average Bonchev–Trinajstić information content (AvgIpc) is 3.25. The van der Waals surface area contributed by atoms with Crippen molar-refractivity contribution in [1.29, 1.82) is 0 Å². The van der Waals surface area contributed by atoms with Gasteiger partial charge in [-0.25, -0.2) is 5.43 Å². The molecular formula is C16H16N6O. The number of nitrogens with zero attached hydrogens (tertiary/aromatic N) is 4. The molecule has 3 aromatic rings. The standard InChI is InChI=1S/C16H16N6O/c1-10-4-2-5-11(8-10)14-12(9-18-21-14)16-19-15(22-23-16)13-6-3-7-17-20-13/h2-8,12,14,18,21H,9H2,1H3. The van der Waals surface area contributed by atoms with Crippen LogP contribution in [0.25, 0.3) is 11.5 Å². The third kappa shape index (κ3) is 2.71. The molecule has 0 bridgehead atoms. The molecule has 1 aromatic carbocycles. The number of nitrogens with one attached hydrogen (secondary N) is 2. The molecule has 2 atom stereocenters. The van der Waals surface area contributed by atoms with Gasteiger partial charge in [-0.05, 0) is 24.6 Å². The van der Waals surface area contributed by atoms with E-state index in [9.17, 15) is 0 Å². The molecule has 23 heavy (non-hydrogen) atoms. The first kappa shape index (κ1) is 14.0. The molecule has 0 spiro atoms. The van der Waals surface area contributed by atoms with Crippen molar-refractivity contribution in [2.45, 2.75) is 18.9 Å². The maximum atomic E-state index is 5.48. The second-order valence-electron chi connectivity index (χ2n) is 5.59. The maximum absolute atomic E-state index is 5.48. The summed E-state index contributed by atoms with van der Waals surface area (Å²) in [4.78, 5) is 4.50. The zero-order valence-corrected chi connectivity index (χ0v) is 12.6. The van der Waals surface area contributed by atoms with Crippen LogP contribution in [0.1, 0.15) is 29.0 Å². The Bertz CT molecular complexity index is 803. The Labute approximate surface area is 133 Å². The average molecular weight is 308 g/mol. The number of hydrogen-bond donors (Lipinski definition) is 2. The van der Waals surface area contributed by atoms with Crippen LogP contribution in [0.5, 0.6) is 0 Å². The molecule has 0 radical (unpaired) electrons. The predicted octanol–water partition coefficient (Wildman–Crippen LogP) is 1.77. The summed E-state index contributed by atoms with van der Waals surface area (Å²) in [6.07, 6.45) is 1.61. The monoisotopic (exact) mass is 308 g/mol. The van der Waals surface area contributed by atoms with Gasteiger partial charge in [-0.2, -0.15) is 10.1 Å². The zero-order chi connectivity index (χ0) is 15.6. The van der Waals surface area contributed by atoms with Crippen LogP contribution >= 0.6 is 0 Å². The predicted molar refractivity (Wildman–Crippen MR) is 83.1 cm³/mol. The van der Waals surface area contributed by atoms with Crippen LogP contribution in [-0.4, -0.2) is 26.9 Å². The Morgan fingerprint density at radius 2 is 2.17 bits per heavy atom. The van der Waals surface area contributed by atoms with Crippen LogP contribution in [0.4, 0.5) is 0 Å². The fourth-order valence-corrected chi connectivity index (χ4v) is 2.82. The summed E-state index contributed by atoms with van der Waals surface area (Å²) in [5.41, 5.74) is 9.50. The number of aryl methyl sites for hydroxylation is 1. The van der Waals surface area contributed by atoms with Crippen LogP contribution in [0, 0.1) is 6.92 Å². The SMILES string of the molecule is Cc1cccc(C2NNCC2c2nc(-c3cccnn3)no2)c1. The molecule has 116 valence electrons. The highest BCUT2D eigenvalue weighted by Gasteiger charge is 2.34. The van der Waals surface area contributed by atoms with Crippen LogP contribution in [0.3, 0.4) is 0 Å². The number of hydrazine groups is 1.